The second-order valence-corrected chi connectivity index (χ2v) is 6.22. The monoisotopic (exact) mass is 338 g/mol. The van der Waals surface area contributed by atoms with Gasteiger partial charge in [0.25, 0.3) is 0 Å². The molecule has 1 aliphatic heterocycles. The molecule has 0 fully saturated rings. The Bertz CT molecular complexity index is 784. The second-order valence-electron chi connectivity index (χ2n) is 6.22. The predicted molar refractivity (Wildman–Crippen MR) is 97.0 cm³/mol. The van der Waals surface area contributed by atoms with Gasteiger partial charge in [-0.05, 0) is 41.3 Å². The summed E-state index contributed by atoms with van der Waals surface area (Å²) in [6.45, 7) is 0.581. The minimum atomic E-state index is 0.00115. The number of carbonyl (C=O) groups excluding carboxylic acids is 2. The number of ether oxygens (including phenoxy) is 1. The van der Waals surface area contributed by atoms with Crippen LogP contribution in [0.1, 0.15) is 16.7 Å². The molecule has 0 spiro atoms. The number of hydrogen-bond acceptors (Lipinski definition) is 3. The summed E-state index contributed by atoms with van der Waals surface area (Å²) in [7, 11) is 3.42. The molecule has 0 aromatic heterocycles. The van der Waals surface area contributed by atoms with Crippen molar-refractivity contribution in [3.63, 3.8) is 0 Å². The van der Waals surface area contributed by atoms with Crippen LogP contribution >= 0.6 is 0 Å². The van der Waals surface area contributed by atoms with Crippen LogP contribution in [0.25, 0.3) is 0 Å². The average molecular weight is 338 g/mol. The fraction of sp³-hybridized carbons (Fsp3) is 0.300. The average Bonchev–Trinajstić information content (AvgIpc) is 2.89. The minimum absolute atomic E-state index is 0.00115. The zero-order valence-corrected chi connectivity index (χ0v) is 14.5. The number of fused-ring (bicyclic) bond motifs is 1. The molecule has 1 heterocycles. The van der Waals surface area contributed by atoms with Crippen LogP contribution in [-0.4, -0.2) is 32.5 Å². The SMILES string of the molecule is COc1ccc(CC(=O)NCCc2ccc3c(c2)CC(=O)N3C)cc1. The number of hydrogen-bond donors (Lipinski definition) is 1. The highest BCUT2D eigenvalue weighted by Gasteiger charge is 2.23. The van der Waals surface area contributed by atoms with Gasteiger partial charge in [0.05, 0.1) is 20.0 Å². The Hall–Kier alpha value is -2.82. The van der Waals surface area contributed by atoms with Gasteiger partial charge in [0, 0.05) is 19.3 Å². The molecular weight excluding hydrogens is 316 g/mol. The number of anilines is 1. The van der Waals surface area contributed by atoms with Crippen molar-refractivity contribution >= 4 is 17.5 Å². The summed E-state index contributed by atoms with van der Waals surface area (Å²) in [5.41, 5.74) is 4.14. The van der Waals surface area contributed by atoms with Crippen molar-refractivity contribution in [3.8, 4) is 5.75 Å². The van der Waals surface area contributed by atoms with E-state index in [1.165, 1.54) is 0 Å². The van der Waals surface area contributed by atoms with Crippen LogP contribution in [-0.2, 0) is 28.9 Å². The highest BCUT2D eigenvalue weighted by Crippen LogP contribution is 2.28. The van der Waals surface area contributed by atoms with Gasteiger partial charge in [-0.1, -0.05) is 24.3 Å². The molecule has 0 aliphatic carbocycles. The molecule has 2 amide bonds. The maximum Gasteiger partial charge on any atom is 0.231 e. The summed E-state index contributed by atoms with van der Waals surface area (Å²) in [4.78, 5) is 25.4. The van der Waals surface area contributed by atoms with Crippen molar-refractivity contribution in [3.05, 3.63) is 59.2 Å². The van der Waals surface area contributed by atoms with Gasteiger partial charge in [0.15, 0.2) is 0 Å². The smallest absolute Gasteiger partial charge is 0.231 e. The Labute approximate surface area is 147 Å². The first-order chi connectivity index (χ1) is 12.1. The molecule has 5 nitrogen and oxygen atoms in total. The van der Waals surface area contributed by atoms with Gasteiger partial charge >= 0.3 is 0 Å². The van der Waals surface area contributed by atoms with E-state index in [4.69, 9.17) is 4.74 Å². The molecule has 3 rings (SSSR count). The van der Waals surface area contributed by atoms with Crippen LogP contribution in [0.2, 0.25) is 0 Å². The lowest BCUT2D eigenvalue weighted by Crippen LogP contribution is -2.27. The van der Waals surface area contributed by atoms with Gasteiger partial charge in [-0.15, -0.1) is 0 Å². The molecule has 2 aromatic carbocycles. The quantitative estimate of drug-likeness (QED) is 0.878. The van der Waals surface area contributed by atoms with Gasteiger partial charge in [-0.25, -0.2) is 0 Å². The number of carbonyl (C=O) groups is 2. The van der Waals surface area contributed by atoms with Crippen LogP contribution in [0.3, 0.4) is 0 Å². The molecule has 0 unspecified atom stereocenters. The lowest BCUT2D eigenvalue weighted by molar-refractivity contribution is -0.120. The van der Waals surface area contributed by atoms with Crippen LogP contribution in [0, 0.1) is 0 Å². The third kappa shape index (κ3) is 3.99. The topological polar surface area (TPSA) is 58.6 Å². The standard InChI is InChI=1S/C20H22N2O3/c1-22-18-8-5-15(11-16(18)13-20(22)24)9-10-21-19(23)12-14-3-6-17(25-2)7-4-14/h3-8,11H,9-10,12-13H2,1-2H3,(H,21,23). The summed E-state index contributed by atoms with van der Waals surface area (Å²) >= 11 is 0. The van der Waals surface area contributed by atoms with Gasteiger partial charge in [-0.3, -0.25) is 9.59 Å². The molecule has 1 aliphatic rings. The molecule has 0 atom stereocenters. The van der Waals surface area contributed by atoms with Crippen molar-refractivity contribution in [2.45, 2.75) is 19.3 Å². The first-order valence-electron chi connectivity index (χ1n) is 8.35. The van der Waals surface area contributed by atoms with Gasteiger partial charge < -0.3 is 15.0 Å². The van der Waals surface area contributed by atoms with Crippen molar-refractivity contribution < 1.29 is 14.3 Å². The number of benzene rings is 2. The number of rotatable bonds is 6. The lowest BCUT2D eigenvalue weighted by Gasteiger charge is -2.11. The number of nitrogens with zero attached hydrogens (tertiary/aromatic N) is 1. The number of likely N-dealkylation sites (N-methyl/N-ethyl adjacent to an activating group) is 1. The van der Waals surface area contributed by atoms with Crippen LogP contribution < -0.4 is 15.0 Å². The maximum atomic E-state index is 12.0. The molecule has 25 heavy (non-hydrogen) atoms. The summed E-state index contributed by atoms with van der Waals surface area (Å²) < 4.78 is 5.11. The second kappa shape index (κ2) is 7.38. The van der Waals surface area contributed by atoms with E-state index >= 15 is 0 Å². The molecule has 0 saturated carbocycles. The largest absolute Gasteiger partial charge is 0.497 e. The minimum Gasteiger partial charge on any atom is -0.497 e. The number of methoxy groups -OCH3 is 1. The molecule has 130 valence electrons. The predicted octanol–water partition coefficient (Wildman–Crippen LogP) is 2.12. The van der Waals surface area contributed by atoms with Crippen molar-refractivity contribution in [2.24, 2.45) is 0 Å². The first-order valence-corrected chi connectivity index (χ1v) is 8.35. The fourth-order valence-corrected chi connectivity index (χ4v) is 3.02. The lowest BCUT2D eigenvalue weighted by atomic mass is 10.1. The van der Waals surface area contributed by atoms with Gasteiger partial charge in [0.1, 0.15) is 5.75 Å². The van der Waals surface area contributed by atoms with E-state index in [9.17, 15) is 9.59 Å². The summed E-state index contributed by atoms with van der Waals surface area (Å²) in [6.07, 6.45) is 1.57. The zero-order chi connectivity index (χ0) is 17.8. The Balaban J connectivity index is 1.48. The van der Waals surface area contributed by atoms with E-state index in [0.29, 0.717) is 19.4 Å². The molecule has 1 N–H and O–H groups in total. The Morgan fingerprint density at radius 3 is 2.60 bits per heavy atom. The van der Waals surface area contributed by atoms with E-state index in [1.807, 2.05) is 36.4 Å². The summed E-state index contributed by atoms with van der Waals surface area (Å²) in [5.74, 6) is 0.908. The maximum absolute atomic E-state index is 12.0. The van der Waals surface area contributed by atoms with Crippen molar-refractivity contribution in [1.82, 2.24) is 5.32 Å². The van der Waals surface area contributed by atoms with Crippen molar-refractivity contribution in [1.29, 1.82) is 0 Å². The van der Waals surface area contributed by atoms with E-state index in [0.717, 1.165) is 34.5 Å². The van der Waals surface area contributed by atoms with Crippen molar-refractivity contribution in [2.75, 3.05) is 25.6 Å². The first kappa shape index (κ1) is 17.0. The van der Waals surface area contributed by atoms with E-state index < -0.39 is 0 Å². The fourth-order valence-electron chi connectivity index (χ4n) is 3.02. The molecule has 5 heteroatoms. The number of nitrogens with one attached hydrogen (secondary N) is 1. The molecule has 0 bridgehead atoms. The summed E-state index contributed by atoms with van der Waals surface area (Å²) in [5, 5.41) is 2.95. The Kier molecular flexibility index (Phi) is 5.03. The highest BCUT2D eigenvalue weighted by molar-refractivity contribution is 6.00. The third-order valence-electron chi connectivity index (χ3n) is 4.48. The number of amides is 2. The third-order valence-corrected chi connectivity index (χ3v) is 4.48. The van der Waals surface area contributed by atoms with Gasteiger partial charge in [-0.2, -0.15) is 0 Å². The molecule has 2 aromatic rings. The zero-order valence-electron chi connectivity index (χ0n) is 14.5. The highest BCUT2D eigenvalue weighted by atomic mass is 16.5. The summed E-state index contributed by atoms with van der Waals surface area (Å²) in [6, 6.07) is 13.6. The molecule has 0 saturated heterocycles. The molecular formula is C20H22N2O3. The Morgan fingerprint density at radius 1 is 1.16 bits per heavy atom. The van der Waals surface area contributed by atoms with Crippen LogP contribution in [0.15, 0.2) is 42.5 Å². The van der Waals surface area contributed by atoms with Crippen LogP contribution in [0.5, 0.6) is 5.75 Å². The van der Waals surface area contributed by atoms with Crippen LogP contribution in [0.4, 0.5) is 5.69 Å². The van der Waals surface area contributed by atoms with E-state index in [2.05, 4.69) is 11.4 Å². The van der Waals surface area contributed by atoms with E-state index in [-0.39, 0.29) is 11.8 Å². The van der Waals surface area contributed by atoms with E-state index in [1.54, 1.807) is 19.1 Å². The normalized spacial score (nSPS) is 12.9. The van der Waals surface area contributed by atoms with Gasteiger partial charge in [0.2, 0.25) is 11.8 Å². The molecule has 0 radical (unpaired) electrons. The Morgan fingerprint density at radius 2 is 1.88 bits per heavy atom.